The van der Waals surface area contributed by atoms with Crippen LogP contribution in [0.2, 0.25) is 0 Å². The first-order valence-corrected chi connectivity index (χ1v) is 8.17. The SMILES string of the molecule is CC(NC1CCCN(C(C)C)CC1)C1CCCC1. The maximum Gasteiger partial charge on any atom is 0.00823 e. The lowest BCUT2D eigenvalue weighted by atomic mass is 9.97. The van der Waals surface area contributed by atoms with Crippen LogP contribution in [0.1, 0.15) is 65.7 Å². The first-order chi connectivity index (χ1) is 8.66. The quantitative estimate of drug-likeness (QED) is 0.825. The van der Waals surface area contributed by atoms with Gasteiger partial charge in [0.1, 0.15) is 0 Å². The second-order valence-corrected chi connectivity index (χ2v) is 6.76. The van der Waals surface area contributed by atoms with E-state index in [1.807, 2.05) is 0 Å². The summed E-state index contributed by atoms with van der Waals surface area (Å²) in [6, 6.07) is 2.23. The van der Waals surface area contributed by atoms with E-state index in [1.165, 1.54) is 58.0 Å². The maximum absolute atomic E-state index is 3.93. The van der Waals surface area contributed by atoms with Gasteiger partial charge in [0.15, 0.2) is 0 Å². The number of rotatable bonds is 4. The molecule has 2 rings (SSSR count). The van der Waals surface area contributed by atoms with Crippen LogP contribution in [0, 0.1) is 5.92 Å². The summed E-state index contributed by atoms with van der Waals surface area (Å²) in [5.74, 6) is 0.953. The van der Waals surface area contributed by atoms with E-state index in [1.54, 1.807) is 0 Å². The summed E-state index contributed by atoms with van der Waals surface area (Å²) in [5, 5.41) is 3.93. The molecule has 1 aliphatic heterocycles. The first-order valence-electron chi connectivity index (χ1n) is 8.17. The highest BCUT2D eigenvalue weighted by atomic mass is 15.1. The van der Waals surface area contributed by atoms with Crippen LogP contribution < -0.4 is 5.32 Å². The Morgan fingerprint density at radius 1 is 0.889 bits per heavy atom. The van der Waals surface area contributed by atoms with E-state index in [2.05, 4.69) is 31.0 Å². The summed E-state index contributed by atoms with van der Waals surface area (Å²) in [5.41, 5.74) is 0. The largest absolute Gasteiger partial charge is 0.311 e. The molecular formula is C16H32N2. The number of hydrogen-bond donors (Lipinski definition) is 1. The van der Waals surface area contributed by atoms with Gasteiger partial charge in [-0.2, -0.15) is 0 Å². The normalized spacial score (nSPS) is 29.7. The van der Waals surface area contributed by atoms with E-state index >= 15 is 0 Å². The van der Waals surface area contributed by atoms with Gasteiger partial charge in [0.2, 0.25) is 0 Å². The molecule has 1 saturated heterocycles. The highest BCUT2D eigenvalue weighted by Gasteiger charge is 2.25. The van der Waals surface area contributed by atoms with Crippen molar-refractivity contribution < 1.29 is 0 Å². The van der Waals surface area contributed by atoms with Crippen LogP contribution in [0.3, 0.4) is 0 Å². The van der Waals surface area contributed by atoms with E-state index in [0.29, 0.717) is 0 Å². The zero-order valence-corrected chi connectivity index (χ0v) is 12.6. The Labute approximate surface area is 114 Å². The molecule has 2 nitrogen and oxygen atoms in total. The molecular weight excluding hydrogens is 220 g/mol. The third-order valence-corrected chi connectivity index (χ3v) is 5.10. The van der Waals surface area contributed by atoms with Gasteiger partial charge in [-0.3, -0.25) is 0 Å². The molecule has 0 amide bonds. The molecule has 0 aromatic heterocycles. The minimum atomic E-state index is 0.719. The highest BCUT2D eigenvalue weighted by molar-refractivity contribution is 4.83. The van der Waals surface area contributed by atoms with Crippen molar-refractivity contribution in [2.45, 2.75) is 83.8 Å². The molecule has 1 heterocycles. The van der Waals surface area contributed by atoms with Gasteiger partial charge in [-0.05, 0) is 71.9 Å². The van der Waals surface area contributed by atoms with Gasteiger partial charge < -0.3 is 10.2 Å². The maximum atomic E-state index is 3.93. The summed E-state index contributed by atoms with van der Waals surface area (Å²) in [7, 11) is 0. The molecule has 1 N–H and O–H groups in total. The fraction of sp³-hybridized carbons (Fsp3) is 1.00. The van der Waals surface area contributed by atoms with E-state index in [0.717, 1.165) is 24.0 Å². The fourth-order valence-electron chi connectivity index (χ4n) is 3.77. The van der Waals surface area contributed by atoms with Crippen LogP contribution in [0.15, 0.2) is 0 Å². The van der Waals surface area contributed by atoms with Crippen LogP contribution in [0.25, 0.3) is 0 Å². The third kappa shape index (κ3) is 3.96. The molecule has 0 aromatic carbocycles. The van der Waals surface area contributed by atoms with Gasteiger partial charge >= 0.3 is 0 Å². The molecule has 18 heavy (non-hydrogen) atoms. The molecule has 0 bridgehead atoms. The molecule has 2 aliphatic rings. The molecule has 1 saturated carbocycles. The molecule has 0 radical (unpaired) electrons. The van der Waals surface area contributed by atoms with Gasteiger partial charge in [0.25, 0.3) is 0 Å². The van der Waals surface area contributed by atoms with Crippen molar-refractivity contribution in [2.75, 3.05) is 13.1 Å². The van der Waals surface area contributed by atoms with Gasteiger partial charge in [-0.15, -0.1) is 0 Å². The molecule has 2 fully saturated rings. The molecule has 106 valence electrons. The number of hydrogen-bond acceptors (Lipinski definition) is 2. The Bertz CT molecular complexity index is 233. The number of nitrogens with one attached hydrogen (secondary N) is 1. The average molecular weight is 252 g/mol. The summed E-state index contributed by atoms with van der Waals surface area (Å²) >= 11 is 0. The first kappa shape index (κ1) is 14.3. The molecule has 0 aromatic rings. The summed E-state index contributed by atoms with van der Waals surface area (Å²) < 4.78 is 0. The molecule has 0 spiro atoms. The van der Waals surface area contributed by atoms with Crippen molar-refractivity contribution >= 4 is 0 Å². The van der Waals surface area contributed by atoms with E-state index in [9.17, 15) is 0 Å². The smallest absolute Gasteiger partial charge is 0.00823 e. The Hall–Kier alpha value is -0.0800. The van der Waals surface area contributed by atoms with Crippen molar-refractivity contribution in [1.82, 2.24) is 10.2 Å². The Morgan fingerprint density at radius 2 is 1.61 bits per heavy atom. The standard InChI is InChI=1S/C16H32N2/c1-13(2)18-11-6-9-16(10-12-18)17-14(3)15-7-4-5-8-15/h13-17H,4-12H2,1-3H3. The second-order valence-electron chi connectivity index (χ2n) is 6.76. The summed E-state index contributed by atoms with van der Waals surface area (Å²) in [4.78, 5) is 2.64. The van der Waals surface area contributed by atoms with Gasteiger partial charge in [0, 0.05) is 18.1 Å². The summed E-state index contributed by atoms with van der Waals surface area (Å²) in [6.07, 6.45) is 9.92. The van der Waals surface area contributed by atoms with Crippen LogP contribution in [-0.2, 0) is 0 Å². The summed E-state index contributed by atoms with van der Waals surface area (Å²) in [6.45, 7) is 9.66. The van der Waals surface area contributed by atoms with Crippen molar-refractivity contribution in [2.24, 2.45) is 5.92 Å². The topological polar surface area (TPSA) is 15.3 Å². The highest BCUT2D eigenvalue weighted by Crippen LogP contribution is 2.28. The van der Waals surface area contributed by atoms with Crippen LogP contribution >= 0.6 is 0 Å². The molecule has 2 atom stereocenters. The zero-order chi connectivity index (χ0) is 13.0. The lowest BCUT2D eigenvalue weighted by Crippen LogP contribution is -2.41. The Balaban J connectivity index is 1.75. The second kappa shape index (κ2) is 6.91. The van der Waals surface area contributed by atoms with Crippen LogP contribution in [0.4, 0.5) is 0 Å². The lowest BCUT2D eigenvalue weighted by molar-refractivity contribution is 0.227. The van der Waals surface area contributed by atoms with Gasteiger partial charge in [-0.25, -0.2) is 0 Å². The van der Waals surface area contributed by atoms with E-state index < -0.39 is 0 Å². The van der Waals surface area contributed by atoms with Gasteiger partial charge in [-0.1, -0.05) is 12.8 Å². The Morgan fingerprint density at radius 3 is 2.28 bits per heavy atom. The predicted octanol–water partition coefficient (Wildman–Crippen LogP) is 3.42. The van der Waals surface area contributed by atoms with Crippen molar-refractivity contribution in [3.8, 4) is 0 Å². The fourth-order valence-corrected chi connectivity index (χ4v) is 3.77. The number of likely N-dealkylation sites (tertiary alicyclic amines) is 1. The monoisotopic (exact) mass is 252 g/mol. The molecule has 2 unspecified atom stereocenters. The van der Waals surface area contributed by atoms with Gasteiger partial charge in [0.05, 0.1) is 0 Å². The van der Waals surface area contributed by atoms with Crippen LogP contribution in [-0.4, -0.2) is 36.1 Å². The predicted molar refractivity (Wildman–Crippen MR) is 78.9 cm³/mol. The van der Waals surface area contributed by atoms with E-state index in [4.69, 9.17) is 0 Å². The Kier molecular flexibility index (Phi) is 5.50. The van der Waals surface area contributed by atoms with Crippen molar-refractivity contribution in [1.29, 1.82) is 0 Å². The average Bonchev–Trinajstić information content (AvgIpc) is 2.77. The van der Waals surface area contributed by atoms with E-state index in [-0.39, 0.29) is 0 Å². The molecule has 2 heteroatoms. The molecule has 1 aliphatic carbocycles. The third-order valence-electron chi connectivity index (χ3n) is 5.10. The zero-order valence-electron chi connectivity index (χ0n) is 12.6. The van der Waals surface area contributed by atoms with Crippen LogP contribution in [0.5, 0.6) is 0 Å². The minimum absolute atomic E-state index is 0.719. The lowest BCUT2D eigenvalue weighted by Gasteiger charge is -2.27. The van der Waals surface area contributed by atoms with Crippen molar-refractivity contribution in [3.05, 3.63) is 0 Å². The number of nitrogens with zero attached hydrogens (tertiary/aromatic N) is 1. The van der Waals surface area contributed by atoms with Crippen molar-refractivity contribution in [3.63, 3.8) is 0 Å². The minimum Gasteiger partial charge on any atom is -0.311 e.